The number of methoxy groups -OCH3 is 2. The van der Waals surface area contributed by atoms with Crippen molar-refractivity contribution in [2.75, 3.05) is 14.2 Å². The van der Waals surface area contributed by atoms with Crippen LogP contribution in [-0.2, 0) is 19.1 Å². The lowest BCUT2D eigenvalue weighted by Gasteiger charge is -2.57. The highest BCUT2D eigenvalue weighted by molar-refractivity contribution is 6.32. The number of rotatable bonds is 2. The van der Waals surface area contributed by atoms with Crippen molar-refractivity contribution >= 4 is 35.1 Å². The molecule has 4 aliphatic carbocycles. The lowest BCUT2D eigenvalue weighted by molar-refractivity contribution is -0.142. The Morgan fingerprint density at radius 3 is 1.55 bits per heavy atom. The van der Waals surface area contributed by atoms with Gasteiger partial charge in [0, 0.05) is 11.8 Å². The first-order valence-corrected chi connectivity index (χ1v) is 7.27. The van der Waals surface area contributed by atoms with Gasteiger partial charge in [-0.3, -0.25) is 0 Å². The van der Waals surface area contributed by atoms with Gasteiger partial charge in [-0.1, -0.05) is 12.2 Å². The Balaban J connectivity index is 2.11. The Morgan fingerprint density at radius 1 is 0.900 bits per heavy atom. The number of allylic oxidation sites excluding steroid dienone is 2. The molecule has 4 nitrogen and oxygen atoms in total. The van der Waals surface area contributed by atoms with Crippen LogP contribution in [0.4, 0.5) is 0 Å². The van der Waals surface area contributed by atoms with E-state index in [9.17, 15) is 9.59 Å². The zero-order valence-electron chi connectivity index (χ0n) is 11.0. The van der Waals surface area contributed by atoms with Crippen LogP contribution in [0.15, 0.2) is 23.3 Å². The number of carbonyl (C=O) groups is 2. The maximum absolute atomic E-state index is 12.1. The molecule has 0 aromatic rings. The van der Waals surface area contributed by atoms with Crippen LogP contribution in [0.5, 0.6) is 0 Å². The van der Waals surface area contributed by atoms with Gasteiger partial charge in [-0.05, 0) is 11.8 Å². The molecule has 6 atom stereocenters. The lowest BCUT2D eigenvalue weighted by Crippen LogP contribution is -2.61. The summed E-state index contributed by atoms with van der Waals surface area (Å²) < 4.78 is 9.64. The molecule has 0 aromatic heterocycles. The molecule has 0 heterocycles. The first-order valence-electron chi connectivity index (χ1n) is 6.40. The van der Waals surface area contributed by atoms with E-state index in [0.717, 1.165) is 0 Å². The maximum Gasteiger partial charge on any atom is 0.334 e. The highest BCUT2D eigenvalue weighted by Gasteiger charge is 2.62. The van der Waals surface area contributed by atoms with E-state index in [1.807, 2.05) is 12.2 Å². The van der Waals surface area contributed by atoms with Gasteiger partial charge in [0.1, 0.15) is 0 Å². The van der Waals surface area contributed by atoms with E-state index in [2.05, 4.69) is 0 Å². The molecule has 0 aromatic carbocycles. The Hall–Kier alpha value is -1.00. The van der Waals surface area contributed by atoms with Crippen molar-refractivity contribution in [2.24, 2.45) is 23.7 Å². The Labute approximate surface area is 126 Å². The predicted molar refractivity (Wildman–Crippen MR) is 73.4 cm³/mol. The summed E-state index contributed by atoms with van der Waals surface area (Å²) in [6, 6.07) is 0. The zero-order chi connectivity index (χ0) is 14.6. The van der Waals surface area contributed by atoms with Crippen molar-refractivity contribution in [1.82, 2.24) is 0 Å². The average Bonchev–Trinajstić information content (AvgIpc) is 2.50. The predicted octanol–water partition coefficient (Wildman–Crippen LogP) is 1.91. The molecular weight excluding hydrogens is 303 g/mol. The Kier molecular flexibility index (Phi) is 3.33. The quantitative estimate of drug-likeness (QED) is 0.443. The Morgan fingerprint density at radius 2 is 1.25 bits per heavy atom. The molecule has 108 valence electrons. The van der Waals surface area contributed by atoms with Gasteiger partial charge in [0.15, 0.2) is 0 Å². The van der Waals surface area contributed by atoms with Crippen LogP contribution in [-0.4, -0.2) is 36.9 Å². The normalized spacial score (nSPS) is 41.0. The van der Waals surface area contributed by atoms with E-state index in [4.69, 9.17) is 32.7 Å². The minimum atomic E-state index is -0.495. The maximum atomic E-state index is 12.1. The highest BCUT2D eigenvalue weighted by Crippen LogP contribution is 2.60. The van der Waals surface area contributed by atoms with Crippen molar-refractivity contribution in [3.05, 3.63) is 23.3 Å². The van der Waals surface area contributed by atoms with Gasteiger partial charge in [-0.15, -0.1) is 23.2 Å². The molecule has 0 amide bonds. The molecule has 1 saturated carbocycles. The van der Waals surface area contributed by atoms with Crippen LogP contribution in [0.3, 0.4) is 0 Å². The second-order valence-electron chi connectivity index (χ2n) is 5.29. The van der Waals surface area contributed by atoms with Gasteiger partial charge < -0.3 is 9.47 Å². The monoisotopic (exact) mass is 316 g/mol. The van der Waals surface area contributed by atoms with Crippen LogP contribution in [0.25, 0.3) is 0 Å². The van der Waals surface area contributed by atoms with E-state index in [1.54, 1.807) is 0 Å². The van der Waals surface area contributed by atoms with Gasteiger partial charge in [0.25, 0.3) is 0 Å². The van der Waals surface area contributed by atoms with Gasteiger partial charge in [0.05, 0.1) is 36.1 Å². The molecular formula is C14H14Cl2O4. The van der Waals surface area contributed by atoms with Crippen LogP contribution >= 0.6 is 23.2 Å². The molecule has 2 bridgehead atoms. The molecule has 1 fully saturated rings. The lowest BCUT2D eigenvalue weighted by atomic mass is 9.51. The topological polar surface area (TPSA) is 52.6 Å². The summed E-state index contributed by atoms with van der Waals surface area (Å²) in [7, 11) is 2.61. The molecule has 20 heavy (non-hydrogen) atoms. The second-order valence-corrected chi connectivity index (χ2v) is 6.30. The van der Waals surface area contributed by atoms with E-state index in [-0.39, 0.29) is 34.4 Å². The second kappa shape index (κ2) is 4.78. The van der Waals surface area contributed by atoms with Crippen LogP contribution in [0.2, 0.25) is 0 Å². The van der Waals surface area contributed by atoms with Gasteiger partial charge in [0.2, 0.25) is 0 Å². The fourth-order valence-electron chi connectivity index (χ4n) is 3.72. The van der Waals surface area contributed by atoms with Crippen molar-refractivity contribution < 1.29 is 19.1 Å². The molecule has 4 rings (SSSR count). The van der Waals surface area contributed by atoms with Crippen molar-refractivity contribution in [3.63, 3.8) is 0 Å². The molecule has 1 unspecified atom stereocenters. The van der Waals surface area contributed by atoms with E-state index < -0.39 is 11.9 Å². The first-order chi connectivity index (χ1) is 9.52. The molecule has 0 radical (unpaired) electrons. The van der Waals surface area contributed by atoms with Gasteiger partial charge >= 0.3 is 11.9 Å². The summed E-state index contributed by atoms with van der Waals surface area (Å²) in [4.78, 5) is 24.1. The van der Waals surface area contributed by atoms with Crippen molar-refractivity contribution in [2.45, 2.75) is 10.8 Å². The number of halogens is 2. The number of esters is 2. The van der Waals surface area contributed by atoms with Gasteiger partial charge in [-0.2, -0.15) is 0 Å². The fourth-order valence-corrected chi connectivity index (χ4v) is 4.71. The largest absolute Gasteiger partial charge is 0.466 e. The number of alkyl halides is 2. The number of hydrogen-bond acceptors (Lipinski definition) is 4. The molecule has 0 spiro atoms. The van der Waals surface area contributed by atoms with Crippen LogP contribution in [0, 0.1) is 23.7 Å². The standard InChI is InChI=1S/C14H14Cl2O4/c1-19-13(17)9-5-3-4-6(10(9)14(18)20-2)8-7(5)11(15)12(8)16/h3-8,11-12H,1-2H3/t5-,6-,7-,8?,11+,12-/m1/s1. The molecule has 0 aliphatic heterocycles. The third-order valence-corrected chi connectivity index (χ3v) is 5.86. The van der Waals surface area contributed by atoms with E-state index >= 15 is 0 Å². The Bertz CT molecular complexity index is 493. The summed E-state index contributed by atoms with van der Waals surface area (Å²) in [5.74, 6) is -1.27. The third kappa shape index (κ3) is 1.61. The number of ether oxygens (including phenoxy) is 2. The van der Waals surface area contributed by atoms with Crippen molar-refractivity contribution in [3.8, 4) is 0 Å². The highest BCUT2D eigenvalue weighted by atomic mass is 35.5. The van der Waals surface area contributed by atoms with Crippen LogP contribution < -0.4 is 0 Å². The number of hydrogen-bond donors (Lipinski definition) is 0. The minimum absolute atomic E-state index is 0.0803. The molecule has 0 N–H and O–H groups in total. The van der Waals surface area contributed by atoms with Crippen LogP contribution in [0.1, 0.15) is 0 Å². The molecule has 0 saturated heterocycles. The third-order valence-electron chi connectivity index (χ3n) is 4.61. The van der Waals surface area contributed by atoms with Gasteiger partial charge in [-0.25, -0.2) is 9.59 Å². The average molecular weight is 317 g/mol. The number of carbonyl (C=O) groups excluding carboxylic acids is 2. The summed E-state index contributed by atoms with van der Waals surface area (Å²) >= 11 is 12.6. The minimum Gasteiger partial charge on any atom is -0.466 e. The smallest absolute Gasteiger partial charge is 0.334 e. The summed E-state index contributed by atoms with van der Waals surface area (Å²) in [5.41, 5.74) is 0.754. The van der Waals surface area contributed by atoms with E-state index in [1.165, 1.54) is 14.2 Å². The zero-order valence-corrected chi connectivity index (χ0v) is 12.5. The molecule has 4 aliphatic rings. The summed E-state index contributed by atoms with van der Waals surface area (Å²) in [6.07, 6.45) is 3.87. The van der Waals surface area contributed by atoms with E-state index in [0.29, 0.717) is 11.1 Å². The molecule has 6 heteroatoms. The summed E-state index contributed by atoms with van der Waals surface area (Å²) in [6.45, 7) is 0. The SMILES string of the molecule is COC(=O)C1=C(C(=O)OC)[C@@H]2C=C[C@@H]1C1[C@@H]2[C@H](Cl)[C@@H]1Cl. The summed E-state index contributed by atoms with van der Waals surface area (Å²) in [5, 5.41) is -0.393. The first kappa shape index (κ1) is 14.0. The fraction of sp³-hybridized carbons (Fsp3) is 0.571. The van der Waals surface area contributed by atoms with Crippen molar-refractivity contribution in [1.29, 1.82) is 0 Å².